The Kier molecular flexibility index (Phi) is 5.62. The summed E-state index contributed by atoms with van der Waals surface area (Å²) >= 11 is 3.35. The molecule has 11 heteroatoms. The van der Waals surface area contributed by atoms with Crippen molar-refractivity contribution >= 4 is 43.4 Å². The molecule has 0 spiro atoms. The van der Waals surface area contributed by atoms with Crippen LogP contribution in [0.15, 0.2) is 34.0 Å². The van der Waals surface area contributed by atoms with Gasteiger partial charge in [-0.1, -0.05) is 0 Å². The normalized spacial score (nSPS) is 13.4. The minimum absolute atomic E-state index is 0.226. The molecule has 2 heterocycles. The molecule has 136 valence electrons. The van der Waals surface area contributed by atoms with Crippen LogP contribution in [0, 0.1) is 0 Å². The average Bonchev–Trinajstić information content (AvgIpc) is 2.49. The number of sulfonamides is 1. The van der Waals surface area contributed by atoms with E-state index in [-0.39, 0.29) is 17.0 Å². The second-order valence-corrected chi connectivity index (χ2v) is 8.33. The van der Waals surface area contributed by atoms with Crippen molar-refractivity contribution in [3.63, 3.8) is 0 Å². The predicted molar refractivity (Wildman–Crippen MR) is 98.0 cm³/mol. The van der Waals surface area contributed by atoms with Gasteiger partial charge in [-0.15, -0.1) is 0 Å². The van der Waals surface area contributed by atoms with E-state index in [0.717, 1.165) is 0 Å². The highest BCUT2D eigenvalue weighted by atomic mass is 79.9. The number of halogens is 1. The molecule has 0 fully saturated rings. The van der Waals surface area contributed by atoms with Gasteiger partial charge in [0.25, 0.3) is 10.0 Å². The van der Waals surface area contributed by atoms with Crippen molar-refractivity contribution < 1.29 is 13.5 Å². The van der Waals surface area contributed by atoms with Crippen LogP contribution in [0.5, 0.6) is 0 Å². The van der Waals surface area contributed by atoms with E-state index in [1.165, 1.54) is 18.3 Å². The van der Waals surface area contributed by atoms with Crippen molar-refractivity contribution in [3.05, 3.63) is 29.0 Å². The first-order valence-corrected chi connectivity index (χ1v) is 9.58. The lowest BCUT2D eigenvalue weighted by Crippen LogP contribution is -2.39. The van der Waals surface area contributed by atoms with Gasteiger partial charge in [0, 0.05) is 6.20 Å². The van der Waals surface area contributed by atoms with E-state index in [1.54, 1.807) is 20.0 Å². The average molecular weight is 431 g/mol. The molecular weight excluding hydrogens is 412 g/mol. The molecule has 0 aromatic carbocycles. The molecule has 9 nitrogen and oxygen atoms in total. The Morgan fingerprint density at radius 2 is 1.96 bits per heavy atom. The van der Waals surface area contributed by atoms with Gasteiger partial charge in [0.15, 0.2) is 5.03 Å². The maximum Gasteiger partial charge on any atom is 0.255 e. The third-order valence-electron chi connectivity index (χ3n) is 3.44. The van der Waals surface area contributed by atoms with Crippen LogP contribution in [0.1, 0.15) is 20.8 Å². The van der Waals surface area contributed by atoms with Crippen molar-refractivity contribution in [3.8, 4) is 0 Å². The topological polar surface area (TPSA) is 143 Å². The van der Waals surface area contributed by atoms with Crippen molar-refractivity contribution in [2.24, 2.45) is 5.14 Å². The molecule has 5 N–H and O–H groups in total. The van der Waals surface area contributed by atoms with Crippen LogP contribution < -0.4 is 15.8 Å². The van der Waals surface area contributed by atoms with Gasteiger partial charge >= 0.3 is 0 Å². The zero-order chi connectivity index (χ0) is 18.8. The monoisotopic (exact) mass is 430 g/mol. The highest BCUT2D eigenvalue weighted by Crippen LogP contribution is 2.24. The van der Waals surface area contributed by atoms with Crippen molar-refractivity contribution in [2.75, 3.05) is 10.6 Å². The van der Waals surface area contributed by atoms with Gasteiger partial charge < -0.3 is 15.7 Å². The smallest absolute Gasteiger partial charge is 0.255 e. The Morgan fingerprint density at radius 3 is 2.48 bits per heavy atom. The molecule has 0 amide bonds. The Hall–Kier alpha value is -1.82. The van der Waals surface area contributed by atoms with E-state index in [9.17, 15) is 13.5 Å². The molecule has 0 aliphatic rings. The summed E-state index contributed by atoms with van der Waals surface area (Å²) in [6, 6.07) is 2.53. The molecule has 2 aromatic heterocycles. The van der Waals surface area contributed by atoms with Gasteiger partial charge in [0.05, 0.1) is 28.0 Å². The number of primary sulfonamides is 1. The summed E-state index contributed by atoms with van der Waals surface area (Å²) < 4.78 is 23.0. The molecule has 0 radical (unpaired) electrons. The first kappa shape index (κ1) is 19.5. The zero-order valence-corrected chi connectivity index (χ0v) is 16.3. The molecule has 0 unspecified atom stereocenters. The lowest BCUT2D eigenvalue weighted by molar-refractivity contribution is 0.0647. The lowest BCUT2D eigenvalue weighted by Gasteiger charge is -2.27. The van der Waals surface area contributed by atoms with Crippen LogP contribution in [0.2, 0.25) is 0 Å². The standard InChI is InChI=1S/C14H19BrN6O3S/c1-8(14(2,3)22)19-12-10(15)7-18-13(21-12)20-9-4-5-11(17-6-9)25(16,23)24/h4-8,22H,1-3H3,(H2,16,23,24)(H2,18,19,20,21)/t8-/m0/s1. The number of aromatic nitrogens is 3. The third-order valence-corrected chi connectivity index (χ3v) is 4.85. The molecule has 0 saturated heterocycles. The Labute approximate surface area is 154 Å². The summed E-state index contributed by atoms with van der Waals surface area (Å²) in [4.78, 5) is 12.2. The summed E-state index contributed by atoms with van der Waals surface area (Å²) in [6.07, 6.45) is 2.87. The van der Waals surface area contributed by atoms with E-state index < -0.39 is 15.6 Å². The summed E-state index contributed by atoms with van der Waals surface area (Å²) in [5.41, 5.74) is -0.443. The quantitative estimate of drug-likeness (QED) is 0.540. The summed E-state index contributed by atoms with van der Waals surface area (Å²) in [7, 11) is -3.84. The van der Waals surface area contributed by atoms with E-state index >= 15 is 0 Å². The number of nitrogens with zero attached hydrogens (tertiary/aromatic N) is 3. The molecule has 2 aromatic rings. The van der Waals surface area contributed by atoms with E-state index in [2.05, 4.69) is 41.5 Å². The van der Waals surface area contributed by atoms with Crippen molar-refractivity contribution in [1.82, 2.24) is 15.0 Å². The lowest BCUT2D eigenvalue weighted by atomic mass is 10.0. The molecule has 1 atom stereocenters. The van der Waals surface area contributed by atoms with Crippen LogP contribution in [0.4, 0.5) is 17.5 Å². The van der Waals surface area contributed by atoms with Crippen LogP contribution in [-0.4, -0.2) is 40.1 Å². The van der Waals surface area contributed by atoms with E-state index in [0.29, 0.717) is 16.0 Å². The molecule has 0 saturated carbocycles. The fourth-order valence-corrected chi connectivity index (χ4v) is 2.42. The molecule has 0 bridgehead atoms. The Balaban J connectivity index is 2.19. The number of nitrogens with two attached hydrogens (primary N) is 1. The minimum atomic E-state index is -3.84. The highest BCUT2D eigenvalue weighted by Gasteiger charge is 2.23. The molecule has 0 aliphatic heterocycles. The first-order valence-electron chi connectivity index (χ1n) is 7.24. The van der Waals surface area contributed by atoms with Gasteiger partial charge in [0.1, 0.15) is 5.82 Å². The summed E-state index contributed by atoms with van der Waals surface area (Å²) in [5, 5.41) is 20.8. The fraction of sp³-hybridized carbons (Fsp3) is 0.357. The van der Waals surface area contributed by atoms with Crippen LogP contribution >= 0.6 is 15.9 Å². The van der Waals surface area contributed by atoms with Crippen LogP contribution in [-0.2, 0) is 10.0 Å². The molecular formula is C14H19BrN6O3S. The van der Waals surface area contributed by atoms with E-state index in [1.807, 2.05) is 6.92 Å². The summed E-state index contributed by atoms with van der Waals surface area (Å²) in [5.74, 6) is 0.778. The number of aliphatic hydroxyl groups is 1. The molecule has 0 aliphatic carbocycles. The number of pyridine rings is 1. The zero-order valence-electron chi connectivity index (χ0n) is 13.9. The highest BCUT2D eigenvalue weighted by molar-refractivity contribution is 9.10. The second-order valence-electron chi connectivity index (χ2n) is 5.96. The van der Waals surface area contributed by atoms with Gasteiger partial charge in [-0.25, -0.2) is 23.5 Å². The van der Waals surface area contributed by atoms with Gasteiger partial charge in [-0.3, -0.25) is 0 Å². The fourth-order valence-electron chi connectivity index (χ4n) is 1.66. The van der Waals surface area contributed by atoms with Crippen LogP contribution in [0.3, 0.4) is 0 Å². The maximum absolute atomic E-state index is 11.2. The van der Waals surface area contributed by atoms with Crippen LogP contribution in [0.25, 0.3) is 0 Å². The van der Waals surface area contributed by atoms with Crippen molar-refractivity contribution in [2.45, 2.75) is 37.4 Å². The Morgan fingerprint density at radius 1 is 1.28 bits per heavy atom. The summed E-state index contributed by atoms with van der Waals surface area (Å²) in [6.45, 7) is 5.22. The van der Waals surface area contributed by atoms with Gasteiger partial charge in [-0.05, 0) is 48.8 Å². The third kappa shape index (κ3) is 5.33. The number of nitrogens with one attached hydrogen (secondary N) is 2. The van der Waals surface area contributed by atoms with Gasteiger partial charge in [0.2, 0.25) is 5.95 Å². The minimum Gasteiger partial charge on any atom is -0.388 e. The maximum atomic E-state index is 11.2. The second kappa shape index (κ2) is 7.20. The predicted octanol–water partition coefficient (Wildman–Crippen LogP) is 1.60. The largest absolute Gasteiger partial charge is 0.388 e. The van der Waals surface area contributed by atoms with Crippen molar-refractivity contribution in [1.29, 1.82) is 0 Å². The number of rotatable bonds is 6. The number of hydrogen-bond donors (Lipinski definition) is 4. The van der Waals surface area contributed by atoms with E-state index in [4.69, 9.17) is 5.14 Å². The number of anilines is 3. The van der Waals surface area contributed by atoms with Gasteiger partial charge in [-0.2, -0.15) is 4.98 Å². The SMILES string of the molecule is C[C@H](Nc1nc(Nc2ccc(S(N)(=O)=O)nc2)ncc1Br)C(C)(C)O. The Bertz CT molecular complexity index is 852. The number of hydrogen-bond acceptors (Lipinski definition) is 8. The first-order chi connectivity index (χ1) is 11.5. The molecule has 25 heavy (non-hydrogen) atoms. The molecule has 2 rings (SSSR count).